The van der Waals surface area contributed by atoms with Gasteiger partial charge in [-0.15, -0.1) is 11.3 Å². The SMILES string of the molecule is NC(C(=O)Nc1cccc(-c2csc(SCC(=O)NC3CCN(Cc4ccc(Cl)c(Cl)c4)CC3)n2)c1)c1ccccc1. The van der Waals surface area contributed by atoms with Crippen molar-refractivity contribution in [1.29, 1.82) is 0 Å². The maximum absolute atomic E-state index is 12.7. The molecule has 7 nitrogen and oxygen atoms in total. The summed E-state index contributed by atoms with van der Waals surface area (Å²) >= 11 is 15.1. The minimum absolute atomic E-state index is 0.0131. The summed E-state index contributed by atoms with van der Waals surface area (Å²) in [7, 11) is 0. The van der Waals surface area contributed by atoms with Crippen molar-refractivity contribution in [3.05, 3.63) is 99.3 Å². The van der Waals surface area contributed by atoms with Gasteiger partial charge in [0.15, 0.2) is 4.34 Å². The highest BCUT2D eigenvalue weighted by atomic mass is 35.5. The summed E-state index contributed by atoms with van der Waals surface area (Å²) in [6, 6.07) is 21.9. The minimum atomic E-state index is -0.759. The lowest BCUT2D eigenvalue weighted by molar-refractivity contribution is -0.119. The van der Waals surface area contributed by atoms with E-state index in [4.69, 9.17) is 33.9 Å². The van der Waals surface area contributed by atoms with Gasteiger partial charge in [0.1, 0.15) is 6.04 Å². The molecule has 1 aliphatic rings. The predicted octanol–water partition coefficient (Wildman–Crippen LogP) is 6.63. The number of piperidine rings is 1. The van der Waals surface area contributed by atoms with Crippen molar-refractivity contribution in [2.24, 2.45) is 5.73 Å². The number of thiazole rings is 1. The molecule has 218 valence electrons. The number of halogens is 2. The van der Waals surface area contributed by atoms with E-state index in [1.54, 1.807) is 0 Å². The van der Waals surface area contributed by atoms with Crippen LogP contribution in [0.2, 0.25) is 10.0 Å². The summed E-state index contributed by atoms with van der Waals surface area (Å²) in [6.07, 6.45) is 1.81. The van der Waals surface area contributed by atoms with Crippen LogP contribution in [0.15, 0.2) is 82.5 Å². The van der Waals surface area contributed by atoms with Crippen molar-refractivity contribution < 1.29 is 9.59 Å². The molecule has 1 aromatic heterocycles. The number of rotatable bonds is 10. The Labute approximate surface area is 263 Å². The maximum Gasteiger partial charge on any atom is 0.245 e. The molecule has 1 saturated heterocycles. The maximum atomic E-state index is 12.7. The fraction of sp³-hybridized carbons (Fsp3) is 0.258. The predicted molar refractivity (Wildman–Crippen MR) is 173 cm³/mol. The van der Waals surface area contributed by atoms with E-state index in [-0.39, 0.29) is 17.9 Å². The molecule has 1 fully saturated rings. The highest BCUT2D eigenvalue weighted by Gasteiger charge is 2.21. The van der Waals surface area contributed by atoms with Crippen LogP contribution in [0.4, 0.5) is 5.69 Å². The Hall–Kier alpha value is -2.92. The topological polar surface area (TPSA) is 100 Å². The number of benzene rings is 3. The fourth-order valence-electron chi connectivity index (χ4n) is 4.77. The molecule has 0 bridgehead atoms. The lowest BCUT2D eigenvalue weighted by atomic mass is 10.0. The van der Waals surface area contributed by atoms with E-state index in [1.165, 1.54) is 23.1 Å². The van der Waals surface area contributed by atoms with Gasteiger partial charge in [-0.3, -0.25) is 14.5 Å². The van der Waals surface area contributed by atoms with Crippen molar-refractivity contribution >= 4 is 63.8 Å². The van der Waals surface area contributed by atoms with E-state index < -0.39 is 6.04 Å². The first-order valence-electron chi connectivity index (χ1n) is 13.6. The monoisotopic (exact) mass is 639 g/mol. The van der Waals surface area contributed by atoms with Gasteiger partial charge in [-0.2, -0.15) is 0 Å². The first-order valence-corrected chi connectivity index (χ1v) is 16.2. The van der Waals surface area contributed by atoms with Crippen LogP contribution in [0.1, 0.15) is 30.0 Å². The molecule has 0 aliphatic carbocycles. The molecular formula is C31H31Cl2N5O2S2. The highest BCUT2D eigenvalue weighted by Crippen LogP contribution is 2.30. The Morgan fingerprint density at radius 3 is 2.57 bits per heavy atom. The molecule has 1 aliphatic heterocycles. The van der Waals surface area contributed by atoms with Crippen LogP contribution in [-0.4, -0.2) is 46.6 Å². The van der Waals surface area contributed by atoms with Crippen LogP contribution in [0.25, 0.3) is 11.3 Å². The molecule has 0 spiro atoms. The normalized spacial score (nSPS) is 14.8. The molecule has 2 amide bonds. The Morgan fingerprint density at radius 1 is 1.02 bits per heavy atom. The van der Waals surface area contributed by atoms with E-state index in [0.717, 1.165) is 59.2 Å². The lowest BCUT2D eigenvalue weighted by Crippen LogP contribution is -2.44. The number of hydrogen-bond acceptors (Lipinski definition) is 7. The van der Waals surface area contributed by atoms with Gasteiger partial charge in [-0.05, 0) is 48.2 Å². The van der Waals surface area contributed by atoms with Crippen molar-refractivity contribution in [2.75, 3.05) is 24.2 Å². The number of carbonyl (C=O) groups excluding carboxylic acids is 2. The summed E-state index contributed by atoms with van der Waals surface area (Å²) < 4.78 is 0.817. The average Bonchev–Trinajstić information content (AvgIpc) is 3.48. The van der Waals surface area contributed by atoms with Gasteiger partial charge in [0, 0.05) is 42.3 Å². The van der Waals surface area contributed by atoms with Gasteiger partial charge in [-0.25, -0.2) is 4.98 Å². The van der Waals surface area contributed by atoms with E-state index in [1.807, 2.05) is 78.2 Å². The van der Waals surface area contributed by atoms with Crippen molar-refractivity contribution in [3.63, 3.8) is 0 Å². The van der Waals surface area contributed by atoms with Gasteiger partial charge in [-0.1, -0.05) is 83.5 Å². The minimum Gasteiger partial charge on any atom is -0.353 e. The molecule has 2 heterocycles. The van der Waals surface area contributed by atoms with Crippen molar-refractivity contribution in [1.82, 2.24) is 15.2 Å². The van der Waals surface area contributed by atoms with Gasteiger partial charge in [0.25, 0.3) is 0 Å². The number of nitrogens with two attached hydrogens (primary N) is 1. The third kappa shape index (κ3) is 8.34. The first kappa shape index (κ1) is 30.5. The Balaban J connectivity index is 1.07. The van der Waals surface area contributed by atoms with Crippen LogP contribution < -0.4 is 16.4 Å². The highest BCUT2D eigenvalue weighted by molar-refractivity contribution is 8.01. The van der Waals surface area contributed by atoms with E-state index in [0.29, 0.717) is 21.5 Å². The Kier molecular flexibility index (Phi) is 10.5. The number of thioether (sulfide) groups is 1. The molecule has 3 aromatic carbocycles. The second-order valence-corrected chi connectivity index (χ2v) is 13.0. The average molecular weight is 641 g/mol. The van der Waals surface area contributed by atoms with E-state index >= 15 is 0 Å². The molecule has 11 heteroatoms. The van der Waals surface area contributed by atoms with Crippen LogP contribution in [-0.2, 0) is 16.1 Å². The molecule has 0 saturated carbocycles. The third-order valence-corrected chi connectivity index (χ3v) is 9.78. The number of carbonyl (C=O) groups is 2. The second kappa shape index (κ2) is 14.5. The zero-order valence-corrected chi connectivity index (χ0v) is 25.9. The summed E-state index contributed by atoms with van der Waals surface area (Å²) in [5.41, 5.74) is 10.3. The molecule has 4 aromatic rings. The van der Waals surface area contributed by atoms with Crippen molar-refractivity contribution in [3.8, 4) is 11.3 Å². The summed E-state index contributed by atoms with van der Waals surface area (Å²) in [6.45, 7) is 2.63. The van der Waals surface area contributed by atoms with Crippen molar-refractivity contribution in [2.45, 2.75) is 35.8 Å². The third-order valence-electron chi connectivity index (χ3n) is 7.02. The molecule has 1 unspecified atom stereocenters. The number of nitrogens with zero attached hydrogens (tertiary/aromatic N) is 2. The summed E-state index contributed by atoms with van der Waals surface area (Å²) in [5.74, 6) is 0.0411. The van der Waals surface area contributed by atoms with Crippen LogP contribution >= 0.6 is 46.3 Å². The Morgan fingerprint density at radius 2 is 1.81 bits per heavy atom. The molecule has 5 rings (SSSR count). The molecule has 42 heavy (non-hydrogen) atoms. The zero-order valence-electron chi connectivity index (χ0n) is 22.8. The van der Waals surface area contributed by atoms with E-state index in [9.17, 15) is 9.59 Å². The smallest absolute Gasteiger partial charge is 0.245 e. The number of aromatic nitrogens is 1. The molecular weight excluding hydrogens is 609 g/mol. The number of anilines is 1. The van der Waals surface area contributed by atoms with Crippen LogP contribution in [0, 0.1) is 0 Å². The van der Waals surface area contributed by atoms with Gasteiger partial charge in [0.05, 0.1) is 21.5 Å². The Bertz CT molecular complexity index is 1530. The van der Waals surface area contributed by atoms with Crippen LogP contribution in [0.3, 0.4) is 0 Å². The second-order valence-electron chi connectivity index (χ2n) is 10.1. The van der Waals surface area contributed by atoms with Gasteiger partial charge >= 0.3 is 0 Å². The number of likely N-dealkylation sites (tertiary alicyclic amines) is 1. The van der Waals surface area contributed by atoms with E-state index in [2.05, 4.69) is 15.5 Å². The van der Waals surface area contributed by atoms with Gasteiger partial charge in [0.2, 0.25) is 11.8 Å². The molecule has 4 N–H and O–H groups in total. The quantitative estimate of drug-likeness (QED) is 0.168. The van der Waals surface area contributed by atoms with Crippen LogP contribution in [0.5, 0.6) is 0 Å². The molecule has 0 radical (unpaired) electrons. The number of amides is 2. The van der Waals surface area contributed by atoms with Gasteiger partial charge < -0.3 is 16.4 Å². The number of nitrogens with one attached hydrogen (secondary N) is 2. The summed E-state index contributed by atoms with van der Waals surface area (Å²) in [5, 5.41) is 9.17. The first-order chi connectivity index (χ1) is 20.3. The number of hydrogen-bond donors (Lipinski definition) is 3. The standard InChI is InChI=1S/C31H31Cl2N5O2S2/c32-25-10-9-20(15-26(25)33)17-38-13-11-23(12-14-38)35-28(39)19-42-31-37-27(18-41-31)22-7-4-8-24(16-22)36-30(40)29(34)21-5-2-1-3-6-21/h1-10,15-16,18,23,29H,11-14,17,19,34H2,(H,35,39)(H,36,40). The fourth-order valence-corrected chi connectivity index (χ4v) is 6.74. The lowest BCUT2D eigenvalue weighted by Gasteiger charge is -2.32. The zero-order chi connectivity index (χ0) is 29.5. The largest absolute Gasteiger partial charge is 0.353 e. The summed E-state index contributed by atoms with van der Waals surface area (Å²) in [4.78, 5) is 32.4. The molecule has 1 atom stereocenters.